The number of hydrogen-bond donors (Lipinski definition) is 0. The zero-order valence-electron chi connectivity index (χ0n) is 10.2. The van der Waals surface area contributed by atoms with Crippen molar-refractivity contribution in [2.75, 3.05) is 0 Å². The lowest BCUT2D eigenvalue weighted by Crippen LogP contribution is -1.88. The summed E-state index contributed by atoms with van der Waals surface area (Å²) in [6.45, 7) is 2.21. The van der Waals surface area contributed by atoms with Crippen molar-refractivity contribution < 1.29 is 4.74 Å². The molecule has 0 saturated carbocycles. The molecule has 0 unspecified atom stereocenters. The van der Waals surface area contributed by atoms with Crippen molar-refractivity contribution >= 4 is 6.21 Å². The van der Waals surface area contributed by atoms with Crippen LogP contribution < -0.4 is 0 Å². The molecule has 0 aliphatic carbocycles. The van der Waals surface area contributed by atoms with Gasteiger partial charge in [-0.2, -0.15) is 0 Å². The topological polar surface area (TPSA) is 21.6 Å². The van der Waals surface area contributed by atoms with Crippen molar-refractivity contribution in [3.63, 3.8) is 0 Å². The molecule has 0 atom stereocenters. The van der Waals surface area contributed by atoms with E-state index < -0.39 is 0 Å². The van der Waals surface area contributed by atoms with E-state index in [1.54, 1.807) is 0 Å². The number of aliphatic imine (C=N–C) groups is 1. The van der Waals surface area contributed by atoms with Gasteiger partial charge in [-0.15, -0.1) is 0 Å². The maximum Gasteiger partial charge on any atom is 0.0725 e. The molecule has 2 aromatic rings. The second kappa shape index (κ2) is 5.15. The van der Waals surface area contributed by atoms with Gasteiger partial charge in [0.2, 0.25) is 0 Å². The number of hydrogen-bond acceptors (Lipinski definition) is 2. The molecule has 0 saturated heterocycles. The average Bonchev–Trinajstić information content (AvgIpc) is 2.87. The summed E-state index contributed by atoms with van der Waals surface area (Å²) in [5.74, 6) is 0. The fraction of sp³-hybridized carbons (Fsp3) is 0.188. The van der Waals surface area contributed by atoms with E-state index in [0.717, 1.165) is 25.3 Å². The van der Waals surface area contributed by atoms with Crippen LogP contribution in [0.3, 0.4) is 0 Å². The Morgan fingerprint density at radius 2 is 1.83 bits per heavy atom. The Labute approximate surface area is 107 Å². The predicted octanol–water partition coefficient (Wildman–Crippen LogP) is 3.34. The molecule has 0 radical (unpaired) electrons. The van der Waals surface area contributed by atoms with Gasteiger partial charge in [0.25, 0.3) is 0 Å². The van der Waals surface area contributed by atoms with E-state index in [1.807, 2.05) is 24.4 Å². The number of ether oxygens (including phenoxy) is 1. The Morgan fingerprint density at radius 3 is 2.72 bits per heavy atom. The minimum absolute atomic E-state index is 0.731. The third kappa shape index (κ3) is 2.49. The van der Waals surface area contributed by atoms with Crippen LogP contribution in [0.1, 0.15) is 22.3 Å². The summed E-state index contributed by atoms with van der Waals surface area (Å²) < 4.78 is 5.40. The summed E-state index contributed by atoms with van der Waals surface area (Å²) in [6.07, 6.45) is 1.94. The third-order valence-electron chi connectivity index (χ3n) is 3.10. The summed E-state index contributed by atoms with van der Waals surface area (Å²) in [5, 5.41) is 0. The fourth-order valence-corrected chi connectivity index (χ4v) is 2.11. The molecule has 0 aromatic heterocycles. The lowest BCUT2D eigenvalue weighted by Gasteiger charge is -1.99. The van der Waals surface area contributed by atoms with Crippen molar-refractivity contribution in [1.82, 2.24) is 0 Å². The van der Waals surface area contributed by atoms with Crippen LogP contribution in [-0.4, -0.2) is 6.21 Å². The van der Waals surface area contributed by atoms with E-state index in [0.29, 0.717) is 0 Å². The molecule has 0 spiro atoms. The maximum absolute atomic E-state index is 5.40. The van der Waals surface area contributed by atoms with Crippen molar-refractivity contribution in [1.29, 1.82) is 0 Å². The van der Waals surface area contributed by atoms with E-state index in [4.69, 9.17) is 4.74 Å². The van der Waals surface area contributed by atoms with Gasteiger partial charge in [0, 0.05) is 6.21 Å². The first-order chi connectivity index (χ1) is 8.92. The highest BCUT2D eigenvalue weighted by molar-refractivity contribution is 5.80. The van der Waals surface area contributed by atoms with Gasteiger partial charge in [-0.05, 0) is 28.3 Å². The Balaban J connectivity index is 1.69. The van der Waals surface area contributed by atoms with Crippen LogP contribution in [0.5, 0.6) is 0 Å². The quantitative estimate of drug-likeness (QED) is 0.750. The van der Waals surface area contributed by atoms with Crippen molar-refractivity contribution in [3.05, 3.63) is 70.8 Å². The highest BCUT2D eigenvalue weighted by Crippen LogP contribution is 2.20. The standard InChI is InChI=1S/C16H15NO/c1-2-4-13(5-3-1)9-17-10-14-6-7-15-11-18-12-16(15)8-14/h1-8,10H,9,11-12H2. The first-order valence-corrected chi connectivity index (χ1v) is 6.15. The molecule has 1 heterocycles. The van der Waals surface area contributed by atoms with Crippen molar-refractivity contribution in [2.24, 2.45) is 4.99 Å². The minimum atomic E-state index is 0.731. The van der Waals surface area contributed by atoms with Crippen LogP contribution in [0.25, 0.3) is 0 Å². The molecule has 2 heteroatoms. The minimum Gasteiger partial charge on any atom is -0.372 e. The van der Waals surface area contributed by atoms with Gasteiger partial charge >= 0.3 is 0 Å². The molecular formula is C16H15NO. The second-order valence-corrected chi connectivity index (χ2v) is 4.48. The molecule has 0 amide bonds. The molecule has 0 bridgehead atoms. The largest absolute Gasteiger partial charge is 0.372 e. The second-order valence-electron chi connectivity index (χ2n) is 4.48. The van der Waals surface area contributed by atoms with Crippen LogP contribution in [0.15, 0.2) is 53.5 Å². The SMILES string of the molecule is C(=NCc1ccccc1)c1ccc2c(c1)COC2. The van der Waals surface area contributed by atoms with E-state index >= 15 is 0 Å². The average molecular weight is 237 g/mol. The summed E-state index contributed by atoms with van der Waals surface area (Å²) in [4.78, 5) is 4.47. The smallest absolute Gasteiger partial charge is 0.0725 e. The summed E-state index contributed by atoms with van der Waals surface area (Å²) in [6, 6.07) is 16.7. The van der Waals surface area contributed by atoms with Crippen LogP contribution >= 0.6 is 0 Å². The van der Waals surface area contributed by atoms with Gasteiger partial charge in [-0.1, -0.05) is 42.5 Å². The van der Waals surface area contributed by atoms with Gasteiger partial charge in [0.1, 0.15) is 0 Å². The van der Waals surface area contributed by atoms with Gasteiger partial charge in [-0.25, -0.2) is 0 Å². The highest BCUT2D eigenvalue weighted by Gasteiger charge is 2.10. The molecule has 1 aliphatic rings. The van der Waals surface area contributed by atoms with E-state index in [9.17, 15) is 0 Å². The molecule has 1 aliphatic heterocycles. The van der Waals surface area contributed by atoms with Gasteiger partial charge in [0.15, 0.2) is 0 Å². The van der Waals surface area contributed by atoms with Crippen molar-refractivity contribution in [3.8, 4) is 0 Å². The van der Waals surface area contributed by atoms with Crippen LogP contribution in [0.2, 0.25) is 0 Å². The Kier molecular flexibility index (Phi) is 3.20. The van der Waals surface area contributed by atoms with E-state index in [1.165, 1.54) is 16.7 Å². The van der Waals surface area contributed by atoms with Crippen molar-refractivity contribution in [2.45, 2.75) is 19.8 Å². The first-order valence-electron chi connectivity index (χ1n) is 6.15. The predicted molar refractivity (Wildman–Crippen MR) is 72.7 cm³/mol. The molecule has 0 N–H and O–H groups in total. The first kappa shape index (κ1) is 11.2. The van der Waals surface area contributed by atoms with Gasteiger partial charge in [-0.3, -0.25) is 4.99 Å². The number of rotatable bonds is 3. The zero-order valence-corrected chi connectivity index (χ0v) is 10.2. The summed E-state index contributed by atoms with van der Waals surface area (Å²) in [7, 11) is 0. The monoisotopic (exact) mass is 237 g/mol. The lowest BCUT2D eigenvalue weighted by molar-refractivity contribution is 0.134. The summed E-state index contributed by atoms with van der Waals surface area (Å²) in [5.41, 5.74) is 4.97. The number of nitrogens with zero attached hydrogens (tertiary/aromatic N) is 1. The summed E-state index contributed by atoms with van der Waals surface area (Å²) >= 11 is 0. The van der Waals surface area contributed by atoms with E-state index in [-0.39, 0.29) is 0 Å². The maximum atomic E-state index is 5.40. The number of benzene rings is 2. The normalized spacial score (nSPS) is 14.0. The molecular weight excluding hydrogens is 222 g/mol. The molecule has 2 nitrogen and oxygen atoms in total. The van der Waals surface area contributed by atoms with E-state index in [2.05, 4.69) is 35.3 Å². The molecule has 0 fully saturated rings. The number of fused-ring (bicyclic) bond motifs is 1. The van der Waals surface area contributed by atoms with Crippen LogP contribution in [0, 0.1) is 0 Å². The Bertz CT molecular complexity index is 561. The molecule has 2 aromatic carbocycles. The molecule has 3 rings (SSSR count). The Morgan fingerprint density at radius 1 is 1.00 bits per heavy atom. The van der Waals surface area contributed by atoms with Gasteiger partial charge in [0.05, 0.1) is 19.8 Å². The van der Waals surface area contributed by atoms with Crippen LogP contribution in [0.4, 0.5) is 0 Å². The molecule has 90 valence electrons. The highest BCUT2D eigenvalue weighted by atomic mass is 16.5. The molecule has 18 heavy (non-hydrogen) atoms. The third-order valence-corrected chi connectivity index (χ3v) is 3.10. The zero-order chi connectivity index (χ0) is 12.2. The lowest BCUT2D eigenvalue weighted by atomic mass is 10.1. The Hall–Kier alpha value is -1.93. The van der Waals surface area contributed by atoms with Gasteiger partial charge < -0.3 is 4.74 Å². The fourth-order valence-electron chi connectivity index (χ4n) is 2.11. The van der Waals surface area contributed by atoms with Crippen LogP contribution in [-0.2, 0) is 24.5 Å².